The Morgan fingerprint density at radius 3 is 2.58 bits per heavy atom. The number of benzene rings is 1. The monoisotopic (exact) mass is 484 g/mol. The Hall–Kier alpha value is -3.13. The third kappa shape index (κ3) is 3.53. The summed E-state index contributed by atoms with van der Waals surface area (Å²) in [5, 5.41) is 4.26. The van der Waals surface area contributed by atoms with E-state index in [1.54, 1.807) is 24.7 Å². The van der Waals surface area contributed by atoms with Crippen molar-refractivity contribution < 1.29 is 14.0 Å². The fourth-order valence-electron chi connectivity index (χ4n) is 4.75. The molecule has 9 heteroatoms. The zero-order valence-corrected chi connectivity index (χ0v) is 19.5. The molecule has 0 saturated carbocycles. The Balaban J connectivity index is 0.00000130. The summed E-state index contributed by atoms with van der Waals surface area (Å²) in [6, 6.07) is 7.99. The molecule has 3 aromatic heterocycles. The van der Waals surface area contributed by atoms with Crippen molar-refractivity contribution in [1.29, 1.82) is 0 Å². The second kappa shape index (κ2) is 8.67. The number of carbonyl (C=O) groups excluding carboxylic acids is 2. The lowest BCUT2D eigenvalue weighted by Crippen LogP contribution is -2.27. The predicted octanol–water partition coefficient (Wildman–Crippen LogP) is 3.68. The molecule has 33 heavy (non-hydrogen) atoms. The first-order chi connectivity index (χ1) is 15.1. The Labute approximate surface area is 202 Å². The van der Waals surface area contributed by atoms with Gasteiger partial charge in [0, 0.05) is 60.1 Å². The predicted molar refractivity (Wildman–Crippen MR) is 132 cm³/mol. The minimum atomic E-state index is -0.424. The van der Waals surface area contributed by atoms with Gasteiger partial charge in [-0.2, -0.15) is 0 Å². The molecule has 2 aliphatic rings. The van der Waals surface area contributed by atoms with E-state index in [4.69, 9.17) is 4.42 Å². The normalized spacial score (nSPS) is 16.4. The van der Waals surface area contributed by atoms with E-state index in [0.717, 1.165) is 47.9 Å². The van der Waals surface area contributed by atoms with Gasteiger partial charge in [-0.15, -0.1) is 24.8 Å². The number of rotatable bonds is 2. The van der Waals surface area contributed by atoms with Gasteiger partial charge < -0.3 is 13.9 Å². The summed E-state index contributed by atoms with van der Waals surface area (Å²) < 4.78 is 7.85. The van der Waals surface area contributed by atoms with Crippen LogP contribution in [0.4, 0.5) is 0 Å². The van der Waals surface area contributed by atoms with Gasteiger partial charge in [-0.3, -0.25) is 19.9 Å². The molecule has 170 valence electrons. The van der Waals surface area contributed by atoms with Gasteiger partial charge in [0.25, 0.3) is 11.8 Å². The zero-order chi connectivity index (χ0) is 21.1. The Morgan fingerprint density at radius 1 is 0.970 bits per heavy atom. The first kappa shape index (κ1) is 23.0. The molecule has 6 rings (SSSR count). The number of furan rings is 1. The number of hydrogen-bond acceptors (Lipinski definition) is 5. The van der Waals surface area contributed by atoms with E-state index in [1.807, 2.05) is 18.3 Å². The second-order valence-electron chi connectivity index (χ2n) is 8.16. The van der Waals surface area contributed by atoms with Crippen molar-refractivity contribution in [2.24, 2.45) is 0 Å². The molecular formula is C24H22Cl2N4O3. The first-order valence-corrected chi connectivity index (χ1v) is 10.3. The Morgan fingerprint density at radius 2 is 1.76 bits per heavy atom. The average Bonchev–Trinajstić information content (AvgIpc) is 3.44. The number of carbonyl (C=O) groups is 2. The van der Waals surface area contributed by atoms with E-state index < -0.39 is 5.91 Å². The summed E-state index contributed by atoms with van der Waals surface area (Å²) in [4.78, 5) is 32.5. The standard InChI is InChI=1S/C24H20N4O3.2ClH/c1-27-7-5-14-3-2-4-16-18(13-28(9-8-27)21(14)16)20-19(23(29)26-24(20)30)17-12-25-11-15-6-10-31-22(15)17;;/h2-4,6,10-13H,5,7-9H2,1H3,(H,26,29,30);2*1H. The molecule has 0 atom stereocenters. The van der Waals surface area contributed by atoms with Crippen molar-refractivity contribution in [3.63, 3.8) is 0 Å². The van der Waals surface area contributed by atoms with E-state index in [2.05, 4.69) is 32.9 Å². The fraction of sp³-hybridized carbons (Fsp3) is 0.208. The molecule has 2 aliphatic heterocycles. The van der Waals surface area contributed by atoms with Crippen LogP contribution < -0.4 is 5.32 Å². The van der Waals surface area contributed by atoms with E-state index >= 15 is 0 Å². The third-order valence-corrected chi connectivity index (χ3v) is 6.29. The SMILES string of the molecule is CN1CCc2cccc3c(C4=C(c5cncc6ccoc56)C(=O)NC4=O)cn(c23)CC1.Cl.Cl. The lowest BCUT2D eigenvalue weighted by molar-refractivity contribution is -0.122. The zero-order valence-electron chi connectivity index (χ0n) is 17.8. The van der Waals surface area contributed by atoms with Gasteiger partial charge in [-0.05, 0) is 25.1 Å². The van der Waals surface area contributed by atoms with Crippen LogP contribution in [-0.2, 0) is 22.6 Å². The molecule has 5 heterocycles. The Kier molecular flexibility index (Phi) is 6.05. The minimum Gasteiger partial charge on any atom is -0.464 e. The molecule has 0 saturated heterocycles. The van der Waals surface area contributed by atoms with Gasteiger partial charge in [0.1, 0.15) is 5.58 Å². The highest BCUT2D eigenvalue weighted by Gasteiger charge is 2.35. The van der Waals surface area contributed by atoms with Crippen LogP contribution in [-0.4, -0.2) is 46.4 Å². The van der Waals surface area contributed by atoms with Gasteiger partial charge in [-0.1, -0.05) is 18.2 Å². The number of fused-ring (bicyclic) bond motifs is 1. The summed E-state index contributed by atoms with van der Waals surface area (Å²) >= 11 is 0. The van der Waals surface area contributed by atoms with Gasteiger partial charge >= 0.3 is 0 Å². The van der Waals surface area contributed by atoms with Crippen molar-refractivity contribution in [2.75, 3.05) is 20.1 Å². The lowest BCUT2D eigenvalue weighted by Gasteiger charge is -2.21. The number of pyridine rings is 1. The second-order valence-corrected chi connectivity index (χ2v) is 8.16. The van der Waals surface area contributed by atoms with Crippen LogP contribution in [0.5, 0.6) is 0 Å². The van der Waals surface area contributed by atoms with Crippen LogP contribution in [0.25, 0.3) is 33.0 Å². The smallest absolute Gasteiger partial charge is 0.259 e. The number of hydrogen-bond donors (Lipinski definition) is 1. The molecule has 7 nitrogen and oxygen atoms in total. The number of nitrogens with one attached hydrogen (secondary N) is 1. The highest BCUT2D eigenvalue weighted by molar-refractivity contribution is 6.50. The van der Waals surface area contributed by atoms with Crippen molar-refractivity contribution in [1.82, 2.24) is 19.8 Å². The molecule has 2 amide bonds. The summed E-state index contributed by atoms with van der Waals surface area (Å²) in [5.74, 6) is -0.813. The third-order valence-electron chi connectivity index (χ3n) is 6.29. The number of aromatic nitrogens is 2. The molecule has 0 spiro atoms. The largest absolute Gasteiger partial charge is 0.464 e. The summed E-state index contributed by atoms with van der Waals surface area (Å²) in [7, 11) is 2.12. The molecule has 0 unspecified atom stereocenters. The molecular weight excluding hydrogens is 463 g/mol. The van der Waals surface area contributed by atoms with Crippen LogP contribution in [0.2, 0.25) is 0 Å². The van der Waals surface area contributed by atoms with Crippen molar-refractivity contribution in [3.8, 4) is 0 Å². The van der Waals surface area contributed by atoms with Gasteiger partial charge in [-0.25, -0.2) is 0 Å². The maximum absolute atomic E-state index is 13.0. The maximum atomic E-state index is 13.0. The highest BCUT2D eigenvalue weighted by atomic mass is 35.5. The van der Waals surface area contributed by atoms with Crippen molar-refractivity contribution >= 4 is 69.6 Å². The molecule has 0 fully saturated rings. The molecule has 1 aromatic carbocycles. The van der Waals surface area contributed by atoms with Crippen molar-refractivity contribution in [2.45, 2.75) is 13.0 Å². The van der Waals surface area contributed by atoms with Crippen LogP contribution in [0.3, 0.4) is 0 Å². The molecule has 0 aliphatic carbocycles. The maximum Gasteiger partial charge on any atom is 0.259 e. The summed E-state index contributed by atoms with van der Waals surface area (Å²) in [5.41, 5.74) is 4.93. The number of para-hydroxylation sites is 1. The number of likely N-dealkylation sites (N-methyl/N-ethyl adjacent to an activating group) is 1. The molecule has 4 aromatic rings. The van der Waals surface area contributed by atoms with Crippen LogP contribution in [0.15, 0.2) is 53.5 Å². The molecule has 0 radical (unpaired) electrons. The summed E-state index contributed by atoms with van der Waals surface area (Å²) in [6.07, 6.45) is 7.78. The minimum absolute atomic E-state index is 0. The number of halogens is 2. The highest BCUT2D eigenvalue weighted by Crippen LogP contribution is 2.39. The van der Waals surface area contributed by atoms with Crippen LogP contribution in [0, 0.1) is 0 Å². The number of imide groups is 1. The van der Waals surface area contributed by atoms with Gasteiger partial charge in [0.15, 0.2) is 0 Å². The number of amides is 2. The first-order valence-electron chi connectivity index (χ1n) is 10.3. The number of nitrogens with zero attached hydrogens (tertiary/aromatic N) is 3. The van der Waals surface area contributed by atoms with Gasteiger partial charge in [0.05, 0.1) is 22.9 Å². The lowest BCUT2D eigenvalue weighted by atomic mass is 9.95. The van der Waals surface area contributed by atoms with Crippen LogP contribution in [0.1, 0.15) is 16.7 Å². The van der Waals surface area contributed by atoms with Crippen molar-refractivity contribution in [3.05, 3.63) is 65.8 Å². The fourth-order valence-corrected chi connectivity index (χ4v) is 4.75. The van der Waals surface area contributed by atoms with E-state index in [9.17, 15) is 9.59 Å². The molecule has 0 bridgehead atoms. The van der Waals surface area contributed by atoms with E-state index in [0.29, 0.717) is 22.3 Å². The summed E-state index contributed by atoms with van der Waals surface area (Å²) in [6.45, 7) is 2.72. The average molecular weight is 485 g/mol. The van der Waals surface area contributed by atoms with E-state index in [-0.39, 0.29) is 30.7 Å². The quantitative estimate of drug-likeness (QED) is 0.439. The van der Waals surface area contributed by atoms with E-state index in [1.165, 1.54) is 5.56 Å². The topological polar surface area (TPSA) is 80.4 Å². The van der Waals surface area contributed by atoms with Crippen LogP contribution >= 0.6 is 24.8 Å². The van der Waals surface area contributed by atoms with Gasteiger partial charge in [0.2, 0.25) is 0 Å². The molecule has 1 N–H and O–H groups in total. The Bertz CT molecular complexity index is 1440.